The Kier molecular flexibility index (Phi) is 3.86. The van der Waals surface area contributed by atoms with Gasteiger partial charge in [-0.1, -0.05) is 18.2 Å². The summed E-state index contributed by atoms with van der Waals surface area (Å²) in [7, 11) is -3.51. The molecule has 0 saturated carbocycles. The van der Waals surface area contributed by atoms with Gasteiger partial charge in [-0.05, 0) is 12.1 Å². The van der Waals surface area contributed by atoms with Crippen molar-refractivity contribution in [2.24, 2.45) is 5.84 Å². The molecule has 6 nitrogen and oxygen atoms in total. The number of carbonyl (C=O) groups is 1. The Morgan fingerprint density at radius 2 is 1.94 bits per heavy atom. The smallest absolute Gasteiger partial charge is 0.254 e. The number of nitrogens with zero attached hydrogens (tertiary/aromatic N) is 1. The molecule has 3 N–H and O–H groups in total. The van der Waals surface area contributed by atoms with Crippen LogP contribution in [0.5, 0.6) is 0 Å². The van der Waals surface area contributed by atoms with Crippen molar-refractivity contribution < 1.29 is 13.2 Å². The second-order valence-corrected chi connectivity index (χ2v) is 5.08. The van der Waals surface area contributed by atoms with Crippen LogP contribution in [0.3, 0.4) is 0 Å². The van der Waals surface area contributed by atoms with Crippen LogP contribution in [-0.2, 0) is 14.8 Å². The zero-order valence-electron chi connectivity index (χ0n) is 8.75. The topological polar surface area (TPSA) is 92.5 Å². The lowest BCUT2D eigenvalue weighted by molar-refractivity contribution is -0.119. The van der Waals surface area contributed by atoms with Crippen LogP contribution in [0.4, 0.5) is 5.69 Å². The average molecular weight is 243 g/mol. The van der Waals surface area contributed by atoms with E-state index < -0.39 is 15.9 Å². The molecular formula is C9H13N3O3S. The minimum Gasteiger partial charge on any atom is -0.293 e. The largest absolute Gasteiger partial charge is 0.293 e. The highest BCUT2D eigenvalue weighted by molar-refractivity contribution is 7.92. The molecule has 0 heterocycles. The fraction of sp³-hybridized carbons (Fsp3) is 0.222. The van der Waals surface area contributed by atoms with E-state index in [9.17, 15) is 13.2 Å². The SMILES string of the molecule is CS(=O)(=O)N(CC(=O)NN)c1ccccc1. The number of anilines is 1. The number of hydrogen-bond acceptors (Lipinski definition) is 4. The monoisotopic (exact) mass is 243 g/mol. The van der Waals surface area contributed by atoms with Crippen LogP contribution in [0.1, 0.15) is 0 Å². The summed E-state index contributed by atoms with van der Waals surface area (Å²) in [6.45, 7) is -0.334. The molecular weight excluding hydrogens is 230 g/mol. The maximum Gasteiger partial charge on any atom is 0.254 e. The number of nitrogens with one attached hydrogen (secondary N) is 1. The van der Waals surface area contributed by atoms with E-state index in [1.807, 2.05) is 5.43 Å². The Labute approximate surface area is 94.1 Å². The number of hydrogen-bond donors (Lipinski definition) is 2. The third kappa shape index (κ3) is 3.21. The molecule has 16 heavy (non-hydrogen) atoms. The molecule has 7 heteroatoms. The minimum absolute atomic E-state index is 0.334. The van der Waals surface area contributed by atoms with Crippen molar-refractivity contribution in [3.05, 3.63) is 30.3 Å². The summed E-state index contributed by atoms with van der Waals surface area (Å²) in [6, 6.07) is 8.34. The van der Waals surface area contributed by atoms with Crippen molar-refractivity contribution >= 4 is 21.6 Å². The third-order valence-electron chi connectivity index (χ3n) is 1.89. The van der Waals surface area contributed by atoms with Gasteiger partial charge in [-0.15, -0.1) is 0 Å². The van der Waals surface area contributed by atoms with Gasteiger partial charge >= 0.3 is 0 Å². The number of carbonyl (C=O) groups excluding carboxylic acids is 1. The Hall–Kier alpha value is -1.60. The normalized spacial score (nSPS) is 10.9. The number of sulfonamides is 1. The van der Waals surface area contributed by atoms with Crippen molar-refractivity contribution in [3.8, 4) is 0 Å². The highest BCUT2D eigenvalue weighted by atomic mass is 32.2. The van der Waals surface area contributed by atoms with Crippen molar-refractivity contribution in [3.63, 3.8) is 0 Å². The summed E-state index contributed by atoms with van der Waals surface area (Å²) < 4.78 is 24.0. The van der Waals surface area contributed by atoms with E-state index >= 15 is 0 Å². The number of nitrogens with two attached hydrogens (primary N) is 1. The predicted octanol–water partition coefficient (Wildman–Crippen LogP) is -0.557. The van der Waals surface area contributed by atoms with E-state index in [0.29, 0.717) is 5.69 Å². The number of benzene rings is 1. The standard InChI is InChI=1S/C9H13N3O3S/c1-16(14,15)12(7-9(13)11-10)8-5-3-2-4-6-8/h2-6H,7,10H2,1H3,(H,11,13). The zero-order chi connectivity index (χ0) is 12.2. The Bertz CT molecular complexity index is 458. The highest BCUT2D eigenvalue weighted by Gasteiger charge is 2.19. The molecule has 1 rings (SSSR count). The minimum atomic E-state index is -3.51. The van der Waals surface area contributed by atoms with E-state index in [0.717, 1.165) is 10.6 Å². The highest BCUT2D eigenvalue weighted by Crippen LogP contribution is 2.15. The van der Waals surface area contributed by atoms with Gasteiger partial charge in [0.05, 0.1) is 11.9 Å². The van der Waals surface area contributed by atoms with Crippen LogP contribution >= 0.6 is 0 Å². The lowest BCUT2D eigenvalue weighted by Crippen LogP contribution is -2.42. The summed E-state index contributed by atoms with van der Waals surface area (Å²) in [6.07, 6.45) is 1.03. The first-order valence-corrected chi connectivity index (χ1v) is 6.32. The van der Waals surface area contributed by atoms with Gasteiger partial charge in [0.1, 0.15) is 6.54 Å². The zero-order valence-corrected chi connectivity index (χ0v) is 9.57. The van der Waals surface area contributed by atoms with Gasteiger partial charge in [0, 0.05) is 0 Å². The molecule has 0 bridgehead atoms. The molecule has 0 aromatic heterocycles. The van der Waals surface area contributed by atoms with E-state index in [1.165, 1.54) is 0 Å². The Morgan fingerprint density at radius 3 is 2.38 bits per heavy atom. The maximum atomic E-state index is 11.5. The molecule has 1 amide bonds. The molecule has 0 fully saturated rings. The molecule has 0 unspecified atom stereocenters. The molecule has 1 aromatic rings. The van der Waals surface area contributed by atoms with Crippen LogP contribution < -0.4 is 15.6 Å². The van der Waals surface area contributed by atoms with Crippen molar-refractivity contribution in [1.29, 1.82) is 0 Å². The molecule has 0 aliphatic rings. The number of rotatable bonds is 4. The number of para-hydroxylation sites is 1. The van der Waals surface area contributed by atoms with Crippen LogP contribution in [-0.4, -0.2) is 27.1 Å². The maximum absolute atomic E-state index is 11.5. The first-order chi connectivity index (χ1) is 7.45. The molecule has 0 spiro atoms. The van der Waals surface area contributed by atoms with Gasteiger partial charge in [-0.3, -0.25) is 14.5 Å². The quantitative estimate of drug-likeness (QED) is 0.421. The van der Waals surface area contributed by atoms with Gasteiger partial charge < -0.3 is 0 Å². The molecule has 0 saturated heterocycles. The van der Waals surface area contributed by atoms with Crippen molar-refractivity contribution in [2.75, 3.05) is 17.1 Å². The fourth-order valence-corrected chi connectivity index (χ4v) is 2.03. The van der Waals surface area contributed by atoms with Crippen LogP contribution in [0.25, 0.3) is 0 Å². The lowest BCUT2D eigenvalue weighted by atomic mass is 10.3. The summed E-state index contributed by atoms with van der Waals surface area (Å²) in [4.78, 5) is 11.1. The Balaban J connectivity index is 3.03. The fourth-order valence-electron chi connectivity index (χ4n) is 1.17. The second-order valence-electron chi connectivity index (χ2n) is 3.17. The van der Waals surface area contributed by atoms with Crippen molar-refractivity contribution in [1.82, 2.24) is 5.43 Å². The van der Waals surface area contributed by atoms with Gasteiger partial charge in [0.15, 0.2) is 0 Å². The van der Waals surface area contributed by atoms with Gasteiger partial charge in [0.2, 0.25) is 10.0 Å². The van der Waals surface area contributed by atoms with Crippen LogP contribution in [0.15, 0.2) is 30.3 Å². The summed E-state index contributed by atoms with van der Waals surface area (Å²) >= 11 is 0. The predicted molar refractivity (Wildman–Crippen MR) is 61.0 cm³/mol. The molecule has 0 aliphatic carbocycles. The lowest BCUT2D eigenvalue weighted by Gasteiger charge is -2.21. The summed E-state index contributed by atoms with van der Waals surface area (Å²) in [5, 5.41) is 0. The van der Waals surface area contributed by atoms with Crippen LogP contribution in [0, 0.1) is 0 Å². The Morgan fingerprint density at radius 1 is 1.38 bits per heavy atom. The van der Waals surface area contributed by atoms with Crippen molar-refractivity contribution in [2.45, 2.75) is 0 Å². The van der Waals surface area contributed by atoms with Gasteiger partial charge in [0.25, 0.3) is 5.91 Å². The molecule has 0 radical (unpaired) electrons. The average Bonchev–Trinajstić information content (AvgIpc) is 2.25. The van der Waals surface area contributed by atoms with Crippen LogP contribution in [0.2, 0.25) is 0 Å². The first-order valence-electron chi connectivity index (χ1n) is 4.47. The van der Waals surface area contributed by atoms with Gasteiger partial charge in [-0.25, -0.2) is 14.3 Å². The molecule has 88 valence electrons. The number of hydrazine groups is 1. The summed E-state index contributed by atoms with van der Waals surface area (Å²) in [5.74, 6) is 4.35. The number of amides is 1. The second kappa shape index (κ2) is 4.95. The molecule has 1 aromatic carbocycles. The van der Waals surface area contributed by atoms with E-state index in [1.54, 1.807) is 30.3 Å². The van der Waals surface area contributed by atoms with E-state index in [-0.39, 0.29) is 6.54 Å². The first kappa shape index (κ1) is 12.5. The molecule has 0 aliphatic heterocycles. The third-order valence-corrected chi connectivity index (χ3v) is 3.03. The van der Waals surface area contributed by atoms with E-state index in [4.69, 9.17) is 5.84 Å². The van der Waals surface area contributed by atoms with Gasteiger partial charge in [-0.2, -0.15) is 0 Å². The molecule has 0 atom stereocenters. The summed E-state index contributed by atoms with van der Waals surface area (Å²) in [5.41, 5.74) is 2.32. The van der Waals surface area contributed by atoms with E-state index in [2.05, 4.69) is 0 Å².